The molecule has 2 aliphatic rings. The molecule has 2 fully saturated rings. The Bertz CT molecular complexity index is 223. The fourth-order valence-electron chi connectivity index (χ4n) is 3.47. The summed E-state index contributed by atoms with van der Waals surface area (Å²) < 4.78 is 0. The van der Waals surface area contributed by atoms with Gasteiger partial charge in [-0.3, -0.25) is 9.80 Å². The summed E-state index contributed by atoms with van der Waals surface area (Å²) in [4.78, 5) is 5.19. The lowest BCUT2D eigenvalue weighted by Crippen LogP contribution is -2.63. The molecule has 2 N–H and O–H groups in total. The highest BCUT2D eigenvalue weighted by atomic mass is 15.3. The number of hydrogen-bond donors (Lipinski definition) is 1. The molecule has 3 nitrogen and oxygen atoms in total. The van der Waals surface area contributed by atoms with E-state index >= 15 is 0 Å². The largest absolute Gasteiger partial charge is 0.329 e. The van der Waals surface area contributed by atoms with Crippen LogP contribution in [0.5, 0.6) is 0 Å². The predicted molar refractivity (Wildman–Crippen MR) is 68.5 cm³/mol. The van der Waals surface area contributed by atoms with Crippen molar-refractivity contribution in [3.8, 4) is 0 Å². The Morgan fingerprint density at radius 1 is 1.12 bits per heavy atom. The highest BCUT2D eigenvalue weighted by molar-refractivity contribution is 4.99. The van der Waals surface area contributed by atoms with Gasteiger partial charge < -0.3 is 5.73 Å². The molecule has 1 saturated heterocycles. The highest BCUT2D eigenvalue weighted by Crippen LogP contribution is 2.36. The first-order valence-corrected chi connectivity index (χ1v) is 6.76. The smallest absolute Gasteiger partial charge is 0.0333 e. The quantitative estimate of drug-likeness (QED) is 0.768. The van der Waals surface area contributed by atoms with Crippen LogP contribution in [0.1, 0.15) is 39.5 Å². The normalized spacial score (nSPS) is 36.8. The number of rotatable bonds is 2. The minimum absolute atomic E-state index is 0.337. The van der Waals surface area contributed by atoms with Crippen molar-refractivity contribution in [1.29, 1.82) is 0 Å². The van der Waals surface area contributed by atoms with Gasteiger partial charge in [0.1, 0.15) is 0 Å². The van der Waals surface area contributed by atoms with Gasteiger partial charge in [-0.05, 0) is 33.7 Å². The summed E-state index contributed by atoms with van der Waals surface area (Å²) in [6.07, 6.45) is 5.36. The SMILES string of the molecule is CC1CN(C2(CN)CCCC2)CC(C)N1C. The molecular weight excluding hydrogens is 198 g/mol. The van der Waals surface area contributed by atoms with Crippen LogP contribution in [0.25, 0.3) is 0 Å². The average molecular weight is 225 g/mol. The molecule has 0 bridgehead atoms. The summed E-state index contributed by atoms with van der Waals surface area (Å²) in [6.45, 7) is 7.90. The molecule has 1 saturated carbocycles. The van der Waals surface area contributed by atoms with Gasteiger partial charge in [-0.25, -0.2) is 0 Å². The summed E-state index contributed by atoms with van der Waals surface area (Å²) in [6, 6.07) is 1.32. The monoisotopic (exact) mass is 225 g/mol. The number of hydrogen-bond acceptors (Lipinski definition) is 3. The van der Waals surface area contributed by atoms with Crippen molar-refractivity contribution in [2.24, 2.45) is 5.73 Å². The molecule has 0 amide bonds. The average Bonchev–Trinajstić information content (AvgIpc) is 2.75. The number of nitrogens with two attached hydrogens (primary N) is 1. The molecular formula is C13H27N3. The van der Waals surface area contributed by atoms with Gasteiger partial charge in [0.2, 0.25) is 0 Å². The molecule has 16 heavy (non-hydrogen) atoms. The lowest BCUT2D eigenvalue weighted by molar-refractivity contribution is -0.00719. The van der Waals surface area contributed by atoms with Gasteiger partial charge in [0.25, 0.3) is 0 Å². The third-order valence-electron chi connectivity index (χ3n) is 4.94. The van der Waals surface area contributed by atoms with Crippen LogP contribution in [-0.2, 0) is 0 Å². The van der Waals surface area contributed by atoms with Crippen LogP contribution in [0.3, 0.4) is 0 Å². The third-order valence-corrected chi connectivity index (χ3v) is 4.94. The standard InChI is InChI=1S/C13H27N3/c1-11-8-16(9-12(2)15(11)3)13(10-14)6-4-5-7-13/h11-12H,4-10,14H2,1-3H3. The van der Waals surface area contributed by atoms with Crippen molar-refractivity contribution < 1.29 is 0 Å². The van der Waals surface area contributed by atoms with Gasteiger partial charge in [0.05, 0.1) is 0 Å². The first-order chi connectivity index (χ1) is 7.59. The number of nitrogens with zero attached hydrogens (tertiary/aromatic N) is 2. The summed E-state index contributed by atoms with van der Waals surface area (Å²) in [7, 11) is 2.25. The molecule has 0 spiro atoms. The van der Waals surface area contributed by atoms with Crippen molar-refractivity contribution in [2.75, 3.05) is 26.7 Å². The van der Waals surface area contributed by atoms with Crippen LogP contribution in [0, 0.1) is 0 Å². The van der Waals surface area contributed by atoms with Crippen LogP contribution in [-0.4, -0.2) is 54.1 Å². The Morgan fingerprint density at radius 3 is 2.06 bits per heavy atom. The second-order valence-corrected chi connectivity index (χ2v) is 5.90. The Morgan fingerprint density at radius 2 is 1.62 bits per heavy atom. The molecule has 0 aromatic carbocycles. The minimum Gasteiger partial charge on any atom is -0.329 e. The molecule has 3 heteroatoms. The Labute approximate surface area is 100.0 Å². The molecule has 1 heterocycles. The second-order valence-electron chi connectivity index (χ2n) is 5.90. The fourth-order valence-corrected chi connectivity index (χ4v) is 3.47. The first-order valence-electron chi connectivity index (χ1n) is 6.76. The van der Waals surface area contributed by atoms with E-state index in [4.69, 9.17) is 5.73 Å². The lowest BCUT2D eigenvalue weighted by Gasteiger charge is -2.50. The zero-order valence-electron chi connectivity index (χ0n) is 11.1. The van der Waals surface area contributed by atoms with E-state index in [1.54, 1.807) is 0 Å². The zero-order chi connectivity index (χ0) is 11.8. The van der Waals surface area contributed by atoms with Crippen molar-refractivity contribution in [3.05, 3.63) is 0 Å². The van der Waals surface area contributed by atoms with Gasteiger partial charge in [-0.15, -0.1) is 0 Å². The topological polar surface area (TPSA) is 32.5 Å². The summed E-state index contributed by atoms with van der Waals surface area (Å²) in [5.74, 6) is 0. The molecule has 2 unspecified atom stereocenters. The van der Waals surface area contributed by atoms with Gasteiger partial charge in [-0.1, -0.05) is 12.8 Å². The number of likely N-dealkylation sites (N-methyl/N-ethyl adjacent to an activating group) is 1. The van der Waals surface area contributed by atoms with Gasteiger partial charge in [0, 0.05) is 37.3 Å². The van der Waals surface area contributed by atoms with Crippen LogP contribution < -0.4 is 5.73 Å². The van der Waals surface area contributed by atoms with E-state index in [9.17, 15) is 0 Å². The van der Waals surface area contributed by atoms with Crippen LogP contribution in [0.2, 0.25) is 0 Å². The Balaban J connectivity index is 2.09. The van der Waals surface area contributed by atoms with Gasteiger partial charge >= 0.3 is 0 Å². The van der Waals surface area contributed by atoms with E-state index in [1.807, 2.05) is 0 Å². The molecule has 2 atom stereocenters. The molecule has 2 rings (SSSR count). The molecule has 0 radical (unpaired) electrons. The minimum atomic E-state index is 0.337. The Hall–Kier alpha value is -0.120. The van der Waals surface area contributed by atoms with E-state index in [1.165, 1.54) is 38.8 Å². The van der Waals surface area contributed by atoms with Crippen molar-refractivity contribution in [1.82, 2.24) is 9.80 Å². The first kappa shape index (κ1) is 12.3. The third kappa shape index (κ3) is 2.01. The van der Waals surface area contributed by atoms with Crippen LogP contribution in [0.4, 0.5) is 0 Å². The predicted octanol–water partition coefficient (Wildman–Crippen LogP) is 1.28. The van der Waals surface area contributed by atoms with E-state index in [0.29, 0.717) is 17.6 Å². The zero-order valence-corrected chi connectivity index (χ0v) is 11.1. The van der Waals surface area contributed by atoms with Crippen molar-refractivity contribution in [3.63, 3.8) is 0 Å². The fraction of sp³-hybridized carbons (Fsp3) is 1.00. The maximum Gasteiger partial charge on any atom is 0.0333 e. The molecule has 1 aliphatic carbocycles. The molecule has 1 aliphatic heterocycles. The maximum absolute atomic E-state index is 6.07. The highest BCUT2D eigenvalue weighted by Gasteiger charge is 2.42. The summed E-state index contributed by atoms with van der Waals surface area (Å²) in [5.41, 5.74) is 6.41. The van der Waals surface area contributed by atoms with Gasteiger partial charge in [0.15, 0.2) is 0 Å². The van der Waals surface area contributed by atoms with E-state index in [0.717, 1.165) is 6.54 Å². The van der Waals surface area contributed by atoms with Crippen molar-refractivity contribution >= 4 is 0 Å². The lowest BCUT2D eigenvalue weighted by atomic mass is 9.92. The molecule has 94 valence electrons. The Kier molecular flexibility index (Phi) is 3.57. The van der Waals surface area contributed by atoms with E-state index in [2.05, 4.69) is 30.7 Å². The summed E-state index contributed by atoms with van der Waals surface area (Å²) in [5, 5.41) is 0. The molecule has 0 aromatic rings. The molecule has 0 aromatic heterocycles. The maximum atomic E-state index is 6.07. The van der Waals surface area contributed by atoms with E-state index < -0.39 is 0 Å². The van der Waals surface area contributed by atoms with Crippen LogP contribution >= 0.6 is 0 Å². The summed E-state index contributed by atoms with van der Waals surface area (Å²) >= 11 is 0. The van der Waals surface area contributed by atoms with E-state index in [-0.39, 0.29) is 0 Å². The number of piperazine rings is 1. The van der Waals surface area contributed by atoms with Crippen molar-refractivity contribution in [2.45, 2.75) is 57.2 Å². The second kappa shape index (κ2) is 4.63. The van der Waals surface area contributed by atoms with Gasteiger partial charge in [-0.2, -0.15) is 0 Å². The van der Waals surface area contributed by atoms with Crippen LogP contribution in [0.15, 0.2) is 0 Å².